The van der Waals surface area contributed by atoms with E-state index in [2.05, 4.69) is 5.32 Å². The molecule has 1 aliphatic rings. The minimum absolute atomic E-state index is 0.0938. The third-order valence-electron chi connectivity index (χ3n) is 3.56. The van der Waals surface area contributed by atoms with E-state index < -0.39 is 0 Å². The van der Waals surface area contributed by atoms with Crippen LogP contribution in [0.25, 0.3) is 0 Å². The van der Waals surface area contributed by atoms with Crippen molar-refractivity contribution in [1.29, 1.82) is 0 Å². The minimum Gasteiger partial charge on any atom is -0.398 e. The van der Waals surface area contributed by atoms with E-state index in [0.717, 1.165) is 41.1 Å². The van der Waals surface area contributed by atoms with E-state index in [4.69, 9.17) is 5.73 Å². The molecule has 1 heterocycles. The van der Waals surface area contributed by atoms with Gasteiger partial charge in [0.05, 0.1) is 4.75 Å². The number of amides is 1. The van der Waals surface area contributed by atoms with Crippen molar-refractivity contribution in [3.8, 4) is 0 Å². The second-order valence-electron chi connectivity index (χ2n) is 5.16. The van der Waals surface area contributed by atoms with Crippen molar-refractivity contribution in [2.24, 2.45) is 0 Å². The fourth-order valence-corrected chi connectivity index (χ4v) is 3.43. The zero-order valence-electron chi connectivity index (χ0n) is 11.2. The zero-order chi connectivity index (χ0) is 13.3. The summed E-state index contributed by atoms with van der Waals surface area (Å²) in [6, 6.07) is 3.86. The molecule has 0 aromatic heterocycles. The number of nitrogen functional groups attached to an aromatic ring is 1. The van der Waals surface area contributed by atoms with Crippen LogP contribution in [0, 0.1) is 13.8 Å². The number of carbonyl (C=O) groups is 1. The normalized spacial score (nSPS) is 23.1. The van der Waals surface area contributed by atoms with Gasteiger partial charge in [-0.2, -0.15) is 0 Å². The second kappa shape index (κ2) is 4.84. The third kappa shape index (κ3) is 2.48. The maximum Gasteiger partial charge on any atom is 0.240 e. The van der Waals surface area contributed by atoms with Gasteiger partial charge < -0.3 is 11.1 Å². The number of nitrogens with one attached hydrogen (secondary N) is 1. The Labute approximate surface area is 113 Å². The Kier molecular flexibility index (Phi) is 3.57. The summed E-state index contributed by atoms with van der Waals surface area (Å²) in [4.78, 5) is 12.3. The Hall–Kier alpha value is -1.16. The van der Waals surface area contributed by atoms with E-state index >= 15 is 0 Å². The molecule has 0 saturated carbocycles. The SMILES string of the molecule is Cc1cc(C)c(NC(=O)C2(C)CCCS2)cc1N. The van der Waals surface area contributed by atoms with E-state index in [1.165, 1.54) is 0 Å². The standard InChI is InChI=1S/C14H20N2OS/c1-9-7-10(2)12(8-11(9)15)16-13(17)14(3)5-4-6-18-14/h7-8H,4-6,15H2,1-3H3,(H,16,17). The summed E-state index contributed by atoms with van der Waals surface area (Å²) in [5.74, 6) is 1.16. The highest BCUT2D eigenvalue weighted by molar-refractivity contribution is 8.01. The number of rotatable bonds is 2. The Morgan fingerprint density at radius 2 is 2.11 bits per heavy atom. The number of benzene rings is 1. The molecule has 2 rings (SSSR count). The lowest BCUT2D eigenvalue weighted by Crippen LogP contribution is -2.34. The van der Waals surface area contributed by atoms with Gasteiger partial charge in [0.1, 0.15) is 0 Å². The molecular weight excluding hydrogens is 244 g/mol. The maximum absolute atomic E-state index is 12.3. The van der Waals surface area contributed by atoms with Gasteiger partial charge >= 0.3 is 0 Å². The van der Waals surface area contributed by atoms with E-state index in [1.807, 2.05) is 32.9 Å². The molecule has 1 unspecified atom stereocenters. The number of hydrogen-bond acceptors (Lipinski definition) is 3. The average molecular weight is 264 g/mol. The molecule has 0 radical (unpaired) electrons. The maximum atomic E-state index is 12.3. The number of nitrogens with two attached hydrogens (primary N) is 1. The molecule has 1 atom stereocenters. The van der Waals surface area contributed by atoms with Crippen LogP contribution in [0.1, 0.15) is 30.9 Å². The summed E-state index contributed by atoms with van der Waals surface area (Å²) in [6.07, 6.45) is 2.06. The number of carbonyl (C=O) groups excluding carboxylic acids is 1. The van der Waals surface area contributed by atoms with Gasteiger partial charge in [0.25, 0.3) is 0 Å². The van der Waals surface area contributed by atoms with Crippen molar-refractivity contribution >= 4 is 29.0 Å². The molecule has 0 bridgehead atoms. The van der Waals surface area contributed by atoms with E-state index in [1.54, 1.807) is 11.8 Å². The first-order chi connectivity index (χ1) is 8.42. The lowest BCUT2D eigenvalue weighted by molar-refractivity contribution is -0.118. The summed E-state index contributed by atoms with van der Waals surface area (Å²) in [5, 5.41) is 3.02. The lowest BCUT2D eigenvalue weighted by Gasteiger charge is -2.22. The van der Waals surface area contributed by atoms with E-state index in [-0.39, 0.29) is 10.7 Å². The van der Waals surface area contributed by atoms with Crippen molar-refractivity contribution in [2.45, 2.75) is 38.4 Å². The predicted octanol–water partition coefficient (Wildman–Crippen LogP) is 3.11. The Balaban J connectivity index is 2.19. The summed E-state index contributed by atoms with van der Waals surface area (Å²) < 4.78 is -0.286. The molecule has 3 nitrogen and oxygen atoms in total. The van der Waals surface area contributed by atoms with Crippen LogP contribution in [0.4, 0.5) is 11.4 Å². The molecule has 1 aliphatic heterocycles. The van der Waals surface area contributed by atoms with Gasteiger partial charge in [0.2, 0.25) is 5.91 Å². The van der Waals surface area contributed by atoms with Crippen LogP contribution in [0.3, 0.4) is 0 Å². The van der Waals surface area contributed by atoms with Gasteiger partial charge in [0.15, 0.2) is 0 Å². The Morgan fingerprint density at radius 1 is 1.39 bits per heavy atom. The van der Waals surface area contributed by atoms with Crippen molar-refractivity contribution < 1.29 is 4.79 Å². The molecular formula is C14H20N2OS. The molecule has 1 saturated heterocycles. The van der Waals surface area contributed by atoms with Crippen molar-refractivity contribution in [3.63, 3.8) is 0 Å². The fourth-order valence-electron chi connectivity index (χ4n) is 2.22. The minimum atomic E-state index is -0.286. The van der Waals surface area contributed by atoms with Gasteiger partial charge in [-0.25, -0.2) is 0 Å². The van der Waals surface area contributed by atoms with Crippen LogP contribution in [0.5, 0.6) is 0 Å². The summed E-state index contributed by atoms with van der Waals surface area (Å²) >= 11 is 1.74. The van der Waals surface area contributed by atoms with Crippen LogP contribution in [-0.2, 0) is 4.79 Å². The first-order valence-electron chi connectivity index (χ1n) is 6.24. The molecule has 18 heavy (non-hydrogen) atoms. The lowest BCUT2D eigenvalue weighted by atomic mass is 10.0. The summed E-state index contributed by atoms with van der Waals surface area (Å²) in [6.45, 7) is 5.99. The quantitative estimate of drug-likeness (QED) is 0.807. The van der Waals surface area contributed by atoms with Gasteiger partial charge in [-0.05, 0) is 56.6 Å². The molecule has 1 aromatic carbocycles. The van der Waals surface area contributed by atoms with Crippen molar-refractivity contribution in [2.75, 3.05) is 16.8 Å². The topological polar surface area (TPSA) is 55.1 Å². The van der Waals surface area contributed by atoms with Crippen LogP contribution in [0.2, 0.25) is 0 Å². The van der Waals surface area contributed by atoms with Gasteiger partial charge in [-0.15, -0.1) is 11.8 Å². The highest BCUT2D eigenvalue weighted by Crippen LogP contribution is 2.38. The number of thioether (sulfide) groups is 1. The fraction of sp³-hybridized carbons (Fsp3) is 0.500. The Morgan fingerprint density at radius 3 is 2.72 bits per heavy atom. The van der Waals surface area contributed by atoms with Crippen molar-refractivity contribution in [1.82, 2.24) is 0 Å². The average Bonchev–Trinajstić information content (AvgIpc) is 2.74. The summed E-state index contributed by atoms with van der Waals surface area (Å²) in [5.41, 5.74) is 9.55. The molecule has 0 spiro atoms. The van der Waals surface area contributed by atoms with Gasteiger partial charge in [0, 0.05) is 11.4 Å². The molecule has 4 heteroatoms. The van der Waals surface area contributed by atoms with Crippen molar-refractivity contribution in [3.05, 3.63) is 23.3 Å². The van der Waals surface area contributed by atoms with Crippen LogP contribution >= 0.6 is 11.8 Å². The number of aryl methyl sites for hydroxylation is 2. The number of anilines is 2. The largest absolute Gasteiger partial charge is 0.398 e. The van der Waals surface area contributed by atoms with Crippen LogP contribution < -0.4 is 11.1 Å². The smallest absolute Gasteiger partial charge is 0.240 e. The van der Waals surface area contributed by atoms with E-state index in [9.17, 15) is 4.79 Å². The first kappa shape index (κ1) is 13.3. The Bertz CT molecular complexity index is 479. The van der Waals surface area contributed by atoms with Gasteiger partial charge in [-0.3, -0.25) is 4.79 Å². The molecule has 1 aromatic rings. The molecule has 3 N–H and O–H groups in total. The van der Waals surface area contributed by atoms with E-state index in [0.29, 0.717) is 0 Å². The molecule has 98 valence electrons. The highest BCUT2D eigenvalue weighted by Gasteiger charge is 2.37. The third-order valence-corrected chi connectivity index (χ3v) is 5.08. The molecule has 0 aliphatic carbocycles. The number of hydrogen-bond donors (Lipinski definition) is 2. The van der Waals surface area contributed by atoms with Gasteiger partial charge in [-0.1, -0.05) is 6.07 Å². The highest BCUT2D eigenvalue weighted by atomic mass is 32.2. The predicted molar refractivity (Wildman–Crippen MR) is 79.1 cm³/mol. The van der Waals surface area contributed by atoms with Crippen LogP contribution in [-0.4, -0.2) is 16.4 Å². The second-order valence-corrected chi connectivity index (χ2v) is 6.76. The molecule has 1 fully saturated rings. The summed E-state index contributed by atoms with van der Waals surface area (Å²) in [7, 11) is 0. The van der Waals surface area contributed by atoms with Crippen LogP contribution in [0.15, 0.2) is 12.1 Å². The molecule has 1 amide bonds. The monoisotopic (exact) mass is 264 g/mol. The zero-order valence-corrected chi connectivity index (χ0v) is 12.0. The first-order valence-corrected chi connectivity index (χ1v) is 7.23.